The Hall–Kier alpha value is -2.67. The van der Waals surface area contributed by atoms with E-state index < -0.39 is 0 Å². The lowest BCUT2D eigenvalue weighted by Gasteiger charge is -2.15. The van der Waals surface area contributed by atoms with Crippen molar-refractivity contribution in [3.8, 4) is 10.6 Å². The number of amides is 1. The summed E-state index contributed by atoms with van der Waals surface area (Å²) < 4.78 is 5.45. The van der Waals surface area contributed by atoms with Crippen molar-refractivity contribution >= 4 is 23.1 Å². The summed E-state index contributed by atoms with van der Waals surface area (Å²) in [6.07, 6.45) is 4.29. The monoisotopic (exact) mass is 368 g/mol. The average Bonchev–Trinajstić information content (AvgIpc) is 3.41. The highest BCUT2D eigenvalue weighted by molar-refractivity contribution is 7.13. The van der Waals surface area contributed by atoms with Crippen LogP contribution in [0, 0.1) is 6.92 Å². The summed E-state index contributed by atoms with van der Waals surface area (Å²) in [5.41, 5.74) is 1.34. The summed E-state index contributed by atoms with van der Waals surface area (Å²) in [5, 5.41) is 5.39. The molecule has 3 aromatic rings. The molecule has 1 aliphatic rings. The molecule has 0 saturated carbocycles. The van der Waals surface area contributed by atoms with Crippen LogP contribution in [0.5, 0.6) is 0 Å². The predicted molar refractivity (Wildman–Crippen MR) is 101 cm³/mol. The Bertz CT molecular complexity index is 894. The van der Waals surface area contributed by atoms with Crippen molar-refractivity contribution in [3.63, 3.8) is 0 Å². The number of thiazole rings is 1. The molecule has 0 spiro atoms. The molecular formula is C19H20N4O2S. The molecule has 1 fully saturated rings. The van der Waals surface area contributed by atoms with Gasteiger partial charge in [0.25, 0.3) is 5.91 Å². The second kappa shape index (κ2) is 7.29. The minimum absolute atomic E-state index is 0.205. The second-order valence-corrected chi connectivity index (χ2v) is 7.19. The molecule has 7 heteroatoms. The minimum atomic E-state index is -0.205. The van der Waals surface area contributed by atoms with E-state index in [0.29, 0.717) is 12.2 Å². The first-order chi connectivity index (χ1) is 12.7. The van der Waals surface area contributed by atoms with Crippen LogP contribution in [0.1, 0.15) is 34.9 Å². The van der Waals surface area contributed by atoms with Gasteiger partial charge in [0.1, 0.15) is 28.0 Å². The highest BCUT2D eigenvalue weighted by Gasteiger charge is 2.15. The van der Waals surface area contributed by atoms with E-state index >= 15 is 0 Å². The molecule has 0 atom stereocenters. The van der Waals surface area contributed by atoms with Gasteiger partial charge >= 0.3 is 0 Å². The number of furan rings is 1. The third-order valence-electron chi connectivity index (χ3n) is 4.38. The molecule has 1 amide bonds. The number of rotatable bonds is 5. The molecule has 4 heterocycles. The summed E-state index contributed by atoms with van der Waals surface area (Å²) in [6.45, 7) is 4.37. The molecule has 0 bridgehead atoms. The first kappa shape index (κ1) is 16.8. The molecular weight excluding hydrogens is 348 g/mol. The Morgan fingerprint density at radius 3 is 2.81 bits per heavy atom. The zero-order valence-corrected chi connectivity index (χ0v) is 15.4. The number of nitrogens with zero attached hydrogens (tertiary/aromatic N) is 3. The van der Waals surface area contributed by atoms with Crippen LogP contribution in [0.3, 0.4) is 0 Å². The molecule has 1 aliphatic heterocycles. The van der Waals surface area contributed by atoms with Gasteiger partial charge in [0.05, 0.1) is 6.54 Å². The molecule has 0 aliphatic carbocycles. The molecule has 26 heavy (non-hydrogen) atoms. The fourth-order valence-corrected chi connectivity index (χ4v) is 3.79. The Kier molecular flexibility index (Phi) is 4.71. The summed E-state index contributed by atoms with van der Waals surface area (Å²) >= 11 is 1.45. The Labute approximate surface area is 155 Å². The van der Waals surface area contributed by atoms with E-state index in [-0.39, 0.29) is 5.91 Å². The van der Waals surface area contributed by atoms with Gasteiger partial charge < -0.3 is 14.6 Å². The van der Waals surface area contributed by atoms with Crippen molar-refractivity contribution < 1.29 is 9.21 Å². The van der Waals surface area contributed by atoms with Crippen LogP contribution >= 0.6 is 11.3 Å². The Morgan fingerprint density at radius 1 is 1.27 bits per heavy atom. The normalized spacial score (nSPS) is 14.0. The van der Waals surface area contributed by atoms with E-state index in [2.05, 4.69) is 20.2 Å². The van der Waals surface area contributed by atoms with E-state index in [9.17, 15) is 4.79 Å². The molecule has 4 rings (SSSR count). The van der Waals surface area contributed by atoms with Gasteiger partial charge in [0, 0.05) is 30.2 Å². The van der Waals surface area contributed by atoms with Crippen LogP contribution in [-0.4, -0.2) is 29.0 Å². The second-order valence-electron chi connectivity index (χ2n) is 6.33. The molecule has 1 N–H and O–H groups in total. The number of nitrogens with one attached hydrogen (secondary N) is 1. The maximum absolute atomic E-state index is 12.3. The maximum atomic E-state index is 12.3. The lowest BCUT2D eigenvalue weighted by atomic mass is 10.3. The quantitative estimate of drug-likeness (QED) is 0.744. The van der Waals surface area contributed by atoms with Crippen molar-refractivity contribution in [1.29, 1.82) is 0 Å². The molecule has 6 nitrogen and oxygen atoms in total. The smallest absolute Gasteiger partial charge is 0.271 e. The Balaban J connectivity index is 1.41. The van der Waals surface area contributed by atoms with Crippen molar-refractivity contribution in [2.45, 2.75) is 26.3 Å². The maximum Gasteiger partial charge on any atom is 0.271 e. The highest BCUT2D eigenvalue weighted by Crippen LogP contribution is 2.25. The van der Waals surface area contributed by atoms with Gasteiger partial charge in [-0.2, -0.15) is 0 Å². The largest absolute Gasteiger partial charge is 0.465 e. The fraction of sp³-hybridized carbons (Fsp3) is 0.316. The number of carbonyl (C=O) groups excluding carboxylic acids is 1. The number of hydrogen-bond donors (Lipinski definition) is 1. The number of aromatic nitrogens is 2. The summed E-state index contributed by atoms with van der Waals surface area (Å²) in [4.78, 5) is 23.6. The van der Waals surface area contributed by atoms with Crippen LogP contribution in [0.15, 0.2) is 40.3 Å². The van der Waals surface area contributed by atoms with Crippen molar-refractivity contribution in [2.75, 3.05) is 18.0 Å². The van der Waals surface area contributed by atoms with E-state index in [1.165, 1.54) is 24.2 Å². The average molecular weight is 368 g/mol. The van der Waals surface area contributed by atoms with Gasteiger partial charge in [-0.25, -0.2) is 9.97 Å². The standard InChI is InChI=1S/C19H20N4O2S/c1-13-4-6-15(25-13)11-21-18(24)16-12-26-19(22-16)14-5-7-17(20-10-14)23-8-2-3-9-23/h4-7,10,12H,2-3,8-9,11H2,1H3,(H,21,24). The number of pyridine rings is 1. The number of anilines is 1. The third kappa shape index (κ3) is 3.62. The van der Waals surface area contributed by atoms with Crippen LogP contribution in [0.4, 0.5) is 5.82 Å². The first-order valence-corrected chi connectivity index (χ1v) is 9.57. The summed E-state index contributed by atoms with van der Waals surface area (Å²) in [5.74, 6) is 2.36. The van der Waals surface area contributed by atoms with Gasteiger partial charge in [0.15, 0.2) is 0 Å². The number of carbonyl (C=O) groups is 1. The first-order valence-electron chi connectivity index (χ1n) is 8.69. The van der Waals surface area contributed by atoms with E-state index in [0.717, 1.165) is 41.0 Å². The lowest BCUT2D eigenvalue weighted by molar-refractivity contribution is 0.0943. The lowest BCUT2D eigenvalue weighted by Crippen LogP contribution is -2.22. The minimum Gasteiger partial charge on any atom is -0.465 e. The Morgan fingerprint density at radius 2 is 2.12 bits per heavy atom. The van der Waals surface area contributed by atoms with Gasteiger partial charge in [-0.15, -0.1) is 11.3 Å². The van der Waals surface area contributed by atoms with Crippen LogP contribution in [0.2, 0.25) is 0 Å². The van der Waals surface area contributed by atoms with Crippen LogP contribution < -0.4 is 10.2 Å². The molecule has 3 aromatic heterocycles. The van der Waals surface area contributed by atoms with E-state index in [4.69, 9.17) is 4.42 Å². The van der Waals surface area contributed by atoms with Gasteiger partial charge in [-0.05, 0) is 44.0 Å². The molecule has 1 saturated heterocycles. The highest BCUT2D eigenvalue weighted by atomic mass is 32.1. The molecule has 0 radical (unpaired) electrons. The number of hydrogen-bond acceptors (Lipinski definition) is 6. The molecule has 0 unspecified atom stereocenters. The topological polar surface area (TPSA) is 71.3 Å². The zero-order chi connectivity index (χ0) is 17.9. The van der Waals surface area contributed by atoms with Crippen LogP contribution in [-0.2, 0) is 6.54 Å². The van der Waals surface area contributed by atoms with Crippen molar-refractivity contribution in [1.82, 2.24) is 15.3 Å². The predicted octanol–water partition coefficient (Wildman–Crippen LogP) is 3.64. The van der Waals surface area contributed by atoms with E-state index in [1.54, 1.807) is 5.38 Å². The van der Waals surface area contributed by atoms with Gasteiger partial charge in [-0.1, -0.05) is 0 Å². The summed E-state index contributed by atoms with van der Waals surface area (Å²) in [6, 6.07) is 7.78. The van der Waals surface area contributed by atoms with Gasteiger partial charge in [0.2, 0.25) is 0 Å². The third-order valence-corrected chi connectivity index (χ3v) is 5.27. The van der Waals surface area contributed by atoms with Crippen molar-refractivity contribution in [2.24, 2.45) is 0 Å². The van der Waals surface area contributed by atoms with Crippen LogP contribution in [0.25, 0.3) is 10.6 Å². The number of aryl methyl sites for hydroxylation is 1. The zero-order valence-electron chi connectivity index (χ0n) is 14.6. The molecule has 134 valence electrons. The fourth-order valence-electron chi connectivity index (χ4n) is 2.99. The van der Waals surface area contributed by atoms with E-state index in [1.807, 2.05) is 37.4 Å². The molecule has 0 aromatic carbocycles. The van der Waals surface area contributed by atoms with Crippen molar-refractivity contribution in [3.05, 3.63) is 53.1 Å². The van der Waals surface area contributed by atoms with Gasteiger partial charge in [-0.3, -0.25) is 4.79 Å². The SMILES string of the molecule is Cc1ccc(CNC(=O)c2csc(-c3ccc(N4CCCC4)nc3)n2)o1. The summed E-state index contributed by atoms with van der Waals surface area (Å²) in [7, 11) is 0.